The lowest BCUT2D eigenvalue weighted by Crippen LogP contribution is -2.19. The highest BCUT2D eigenvalue weighted by Crippen LogP contribution is 2.06. The monoisotopic (exact) mass is 135 g/mol. The third-order valence-electron chi connectivity index (χ3n) is 1.66. The number of rotatable bonds is 1. The van der Waals surface area contributed by atoms with Gasteiger partial charge >= 0.3 is 0 Å². The van der Waals surface area contributed by atoms with E-state index in [0.29, 0.717) is 0 Å². The van der Waals surface area contributed by atoms with Gasteiger partial charge in [0.05, 0.1) is 0 Å². The Morgan fingerprint density at radius 3 is 2.62 bits per heavy atom. The minimum Gasteiger partial charge on any atom is -0.314 e. The topological polar surface area (TPSA) is 12.0 Å². The molecule has 0 saturated carbocycles. The fourth-order valence-electron chi connectivity index (χ4n) is 1.11. The quantitative estimate of drug-likeness (QED) is 0.576. The minimum atomic E-state index is 0. The minimum absolute atomic E-state index is 0. The van der Waals surface area contributed by atoms with Crippen LogP contribution in [0, 0.1) is 0 Å². The summed E-state index contributed by atoms with van der Waals surface area (Å²) in [5.74, 6) is 0. The predicted octanol–water partition coefficient (Wildman–Crippen LogP) is 1.57. The molecule has 1 aliphatic heterocycles. The number of nitrogens with one attached hydrogen (secondary N) is 1. The standard InChI is InChI=1S/C6H13N.ClH/c1-2-6-4-3-5-7-6;/h6-7H,2-5H2,1H3;1H/t6-;/m1./s1. The molecule has 1 atom stereocenters. The van der Waals surface area contributed by atoms with Gasteiger partial charge in [-0.2, -0.15) is 0 Å². The summed E-state index contributed by atoms with van der Waals surface area (Å²) >= 11 is 0. The summed E-state index contributed by atoms with van der Waals surface area (Å²) in [5.41, 5.74) is 0. The molecular formula is C6H14ClN. The Morgan fingerprint density at radius 2 is 2.38 bits per heavy atom. The lowest BCUT2D eigenvalue weighted by molar-refractivity contribution is 0.587. The third kappa shape index (κ3) is 2.01. The third-order valence-corrected chi connectivity index (χ3v) is 1.66. The maximum atomic E-state index is 3.41. The molecular weight excluding hydrogens is 122 g/mol. The van der Waals surface area contributed by atoms with Crippen LogP contribution >= 0.6 is 12.4 Å². The van der Waals surface area contributed by atoms with Gasteiger partial charge in [0.1, 0.15) is 0 Å². The molecule has 1 aliphatic rings. The van der Waals surface area contributed by atoms with Crippen LogP contribution in [0.1, 0.15) is 26.2 Å². The lowest BCUT2D eigenvalue weighted by atomic mass is 10.2. The molecule has 1 heterocycles. The van der Waals surface area contributed by atoms with Crippen molar-refractivity contribution in [3.63, 3.8) is 0 Å². The van der Waals surface area contributed by atoms with Gasteiger partial charge in [-0.25, -0.2) is 0 Å². The van der Waals surface area contributed by atoms with Crippen molar-refractivity contribution >= 4 is 12.4 Å². The molecule has 1 saturated heterocycles. The van der Waals surface area contributed by atoms with Crippen molar-refractivity contribution in [1.29, 1.82) is 0 Å². The Kier molecular flexibility index (Phi) is 4.29. The van der Waals surface area contributed by atoms with E-state index in [1.54, 1.807) is 0 Å². The average Bonchev–Trinajstić information content (AvgIpc) is 2.14. The molecule has 0 amide bonds. The van der Waals surface area contributed by atoms with Gasteiger partial charge in [-0.15, -0.1) is 12.4 Å². The van der Waals surface area contributed by atoms with Crippen LogP contribution in [0.4, 0.5) is 0 Å². The molecule has 0 bridgehead atoms. The zero-order valence-electron chi connectivity index (χ0n) is 5.31. The molecule has 0 aromatic heterocycles. The van der Waals surface area contributed by atoms with Crippen LogP contribution in [0.25, 0.3) is 0 Å². The number of halogens is 1. The van der Waals surface area contributed by atoms with Crippen LogP contribution < -0.4 is 5.32 Å². The predicted molar refractivity (Wildman–Crippen MR) is 38.6 cm³/mol. The Bertz CT molecular complexity index is 50.5. The maximum Gasteiger partial charge on any atom is 0.00649 e. The van der Waals surface area contributed by atoms with Gasteiger partial charge in [0, 0.05) is 6.04 Å². The van der Waals surface area contributed by atoms with E-state index in [2.05, 4.69) is 12.2 Å². The summed E-state index contributed by atoms with van der Waals surface area (Å²) in [6, 6.07) is 0.847. The fourth-order valence-corrected chi connectivity index (χ4v) is 1.11. The molecule has 0 unspecified atom stereocenters. The fraction of sp³-hybridized carbons (Fsp3) is 1.00. The summed E-state index contributed by atoms with van der Waals surface area (Å²) in [5, 5.41) is 3.41. The first-order valence-corrected chi connectivity index (χ1v) is 3.17. The molecule has 0 aromatic carbocycles. The summed E-state index contributed by atoms with van der Waals surface area (Å²) in [6.45, 7) is 3.49. The molecule has 1 rings (SSSR count). The molecule has 0 radical (unpaired) electrons. The van der Waals surface area contributed by atoms with E-state index in [0.717, 1.165) is 6.04 Å². The SMILES string of the molecule is CC[C@@H]1CCCN1.Cl. The Hall–Kier alpha value is 0.250. The van der Waals surface area contributed by atoms with Crippen LogP contribution in [0.2, 0.25) is 0 Å². The Morgan fingerprint density at radius 1 is 1.62 bits per heavy atom. The molecule has 2 heteroatoms. The second kappa shape index (κ2) is 4.16. The highest BCUT2D eigenvalue weighted by atomic mass is 35.5. The van der Waals surface area contributed by atoms with E-state index < -0.39 is 0 Å². The van der Waals surface area contributed by atoms with Crippen molar-refractivity contribution in [3.05, 3.63) is 0 Å². The Balaban J connectivity index is 0.000000490. The largest absolute Gasteiger partial charge is 0.314 e. The van der Waals surface area contributed by atoms with Crippen LogP contribution in [0.15, 0.2) is 0 Å². The molecule has 1 N–H and O–H groups in total. The average molecular weight is 136 g/mol. The highest BCUT2D eigenvalue weighted by Gasteiger charge is 2.09. The zero-order valence-corrected chi connectivity index (χ0v) is 6.13. The van der Waals surface area contributed by atoms with Gasteiger partial charge in [0.15, 0.2) is 0 Å². The van der Waals surface area contributed by atoms with Gasteiger partial charge < -0.3 is 5.32 Å². The summed E-state index contributed by atoms with van der Waals surface area (Å²) in [4.78, 5) is 0. The van der Waals surface area contributed by atoms with Gasteiger partial charge in [-0.05, 0) is 25.8 Å². The molecule has 0 spiro atoms. The zero-order chi connectivity index (χ0) is 5.11. The van der Waals surface area contributed by atoms with E-state index in [9.17, 15) is 0 Å². The first kappa shape index (κ1) is 8.25. The van der Waals surface area contributed by atoms with Crippen LogP contribution in [-0.4, -0.2) is 12.6 Å². The van der Waals surface area contributed by atoms with Crippen molar-refractivity contribution in [2.45, 2.75) is 32.2 Å². The van der Waals surface area contributed by atoms with Crippen LogP contribution in [-0.2, 0) is 0 Å². The molecule has 8 heavy (non-hydrogen) atoms. The maximum absolute atomic E-state index is 3.41. The second-order valence-electron chi connectivity index (χ2n) is 2.20. The van der Waals surface area contributed by atoms with Crippen molar-refractivity contribution in [3.8, 4) is 0 Å². The van der Waals surface area contributed by atoms with Crippen molar-refractivity contribution in [2.24, 2.45) is 0 Å². The molecule has 0 aliphatic carbocycles. The van der Waals surface area contributed by atoms with E-state index in [1.165, 1.54) is 25.8 Å². The van der Waals surface area contributed by atoms with Gasteiger partial charge in [-0.1, -0.05) is 6.92 Å². The first-order chi connectivity index (χ1) is 3.43. The molecule has 50 valence electrons. The van der Waals surface area contributed by atoms with E-state index in [-0.39, 0.29) is 12.4 Å². The first-order valence-electron chi connectivity index (χ1n) is 3.17. The highest BCUT2D eigenvalue weighted by molar-refractivity contribution is 5.85. The van der Waals surface area contributed by atoms with Gasteiger partial charge in [0.25, 0.3) is 0 Å². The summed E-state index contributed by atoms with van der Waals surface area (Å²) in [6.07, 6.45) is 4.09. The Labute approximate surface area is 57.3 Å². The lowest BCUT2D eigenvalue weighted by Gasteiger charge is -2.02. The number of hydrogen-bond acceptors (Lipinski definition) is 1. The van der Waals surface area contributed by atoms with E-state index in [4.69, 9.17) is 0 Å². The second-order valence-corrected chi connectivity index (χ2v) is 2.20. The van der Waals surface area contributed by atoms with Crippen LogP contribution in [0.5, 0.6) is 0 Å². The normalized spacial score (nSPS) is 27.4. The molecule has 1 nitrogen and oxygen atoms in total. The number of hydrogen-bond donors (Lipinski definition) is 1. The van der Waals surface area contributed by atoms with Crippen molar-refractivity contribution in [2.75, 3.05) is 6.54 Å². The molecule has 0 aromatic rings. The summed E-state index contributed by atoms with van der Waals surface area (Å²) in [7, 11) is 0. The van der Waals surface area contributed by atoms with E-state index in [1.807, 2.05) is 0 Å². The van der Waals surface area contributed by atoms with Gasteiger partial charge in [0.2, 0.25) is 0 Å². The van der Waals surface area contributed by atoms with Crippen molar-refractivity contribution in [1.82, 2.24) is 5.32 Å². The smallest absolute Gasteiger partial charge is 0.00649 e. The molecule has 1 fully saturated rings. The van der Waals surface area contributed by atoms with Crippen molar-refractivity contribution < 1.29 is 0 Å². The van der Waals surface area contributed by atoms with Gasteiger partial charge in [-0.3, -0.25) is 0 Å². The summed E-state index contributed by atoms with van der Waals surface area (Å²) < 4.78 is 0. The van der Waals surface area contributed by atoms with Crippen LogP contribution in [0.3, 0.4) is 0 Å². The van der Waals surface area contributed by atoms with E-state index >= 15 is 0 Å².